The second-order valence-electron chi connectivity index (χ2n) is 7.28. The summed E-state index contributed by atoms with van der Waals surface area (Å²) >= 11 is 1.45. The number of aryl methyl sites for hydroxylation is 1. The molecule has 7 heteroatoms. The van der Waals surface area contributed by atoms with Crippen molar-refractivity contribution in [2.75, 3.05) is 0 Å². The Morgan fingerprint density at radius 2 is 1.73 bits per heavy atom. The van der Waals surface area contributed by atoms with Gasteiger partial charge in [0.2, 0.25) is 5.78 Å². The van der Waals surface area contributed by atoms with E-state index in [9.17, 15) is 4.79 Å². The summed E-state index contributed by atoms with van der Waals surface area (Å²) in [6.07, 6.45) is 0.869. The average molecular weight is 416 g/mol. The summed E-state index contributed by atoms with van der Waals surface area (Å²) in [5, 5.41) is 14.3. The Hall–Kier alpha value is -3.29. The SMILES string of the molecule is Cn1c(=O)c2sccc2n2c(CNC(Cc3ccccc3)c3ccccc3)nnc12. The number of fused-ring (bicyclic) bond motifs is 3. The predicted octanol–water partition coefficient (Wildman–Crippen LogP) is 3.72. The summed E-state index contributed by atoms with van der Waals surface area (Å²) in [7, 11) is 1.74. The fraction of sp³-hybridized carbons (Fsp3) is 0.174. The third-order valence-corrected chi connectivity index (χ3v) is 6.28. The lowest BCUT2D eigenvalue weighted by atomic mass is 9.99. The highest BCUT2D eigenvalue weighted by molar-refractivity contribution is 7.17. The minimum absolute atomic E-state index is 0.0364. The number of thiophene rings is 1. The highest BCUT2D eigenvalue weighted by Crippen LogP contribution is 2.21. The molecule has 5 rings (SSSR count). The molecule has 6 nitrogen and oxygen atoms in total. The Morgan fingerprint density at radius 3 is 2.50 bits per heavy atom. The van der Waals surface area contributed by atoms with Crippen LogP contribution in [-0.4, -0.2) is 19.2 Å². The van der Waals surface area contributed by atoms with Gasteiger partial charge in [-0.1, -0.05) is 60.7 Å². The van der Waals surface area contributed by atoms with Gasteiger partial charge in [0, 0.05) is 13.1 Å². The predicted molar refractivity (Wildman–Crippen MR) is 120 cm³/mol. The van der Waals surface area contributed by atoms with Crippen molar-refractivity contribution >= 4 is 27.3 Å². The van der Waals surface area contributed by atoms with Gasteiger partial charge in [-0.05, 0) is 29.0 Å². The largest absolute Gasteiger partial charge is 0.303 e. The topological polar surface area (TPSA) is 64.2 Å². The molecule has 5 aromatic rings. The Labute approximate surface area is 177 Å². The standard InChI is InChI=1S/C23H21N5OS/c1-27-22(29)21-19(12-13-30-21)28-20(25-26-23(27)28)15-24-18(17-10-6-3-7-11-17)14-16-8-4-2-5-9-16/h2-13,18,24H,14-15H2,1H3. The van der Waals surface area contributed by atoms with E-state index in [1.54, 1.807) is 11.6 Å². The number of nitrogens with one attached hydrogen (secondary N) is 1. The maximum Gasteiger partial charge on any atom is 0.272 e. The van der Waals surface area contributed by atoms with E-state index in [0.29, 0.717) is 12.3 Å². The molecule has 0 saturated carbocycles. The first-order chi connectivity index (χ1) is 14.7. The molecule has 0 amide bonds. The zero-order valence-electron chi connectivity index (χ0n) is 16.5. The molecule has 0 saturated heterocycles. The number of benzene rings is 2. The van der Waals surface area contributed by atoms with Crippen molar-refractivity contribution in [3.63, 3.8) is 0 Å². The van der Waals surface area contributed by atoms with Crippen molar-refractivity contribution in [3.05, 3.63) is 99.4 Å². The van der Waals surface area contributed by atoms with E-state index < -0.39 is 0 Å². The van der Waals surface area contributed by atoms with Crippen molar-refractivity contribution < 1.29 is 0 Å². The van der Waals surface area contributed by atoms with Crippen molar-refractivity contribution in [3.8, 4) is 0 Å². The van der Waals surface area contributed by atoms with Gasteiger partial charge in [-0.15, -0.1) is 21.5 Å². The van der Waals surface area contributed by atoms with Crippen molar-refractivity contribution in [2.45, 2.75) is 19.0 Å². The highest BCUT2D eigenvalue weighted by atomic mass is 32.1. The van der Waals surface area contributed by atoms with E-state index in [2.05, 4.69) is 64.0 Å². The van der Waals surface area contributed by atoms with E-state index in [4.69, 9.17) is 0 Å². The molecule has 0 spiro atoms. The molecule has 3 heterocycles. The zero-order valence-corrected chi connectivity index (χ0v) is 17.3. The van der Waals surface area contributed by atoms with Crippen LogP contribution in [-0.2, 0) is 20.0 Å². The highest BCUT2D eigenvalue weighted by Gasteiger charge is 2.17. The summed E-state index contributed by atoms with van der Waals surface area (Å²) in [5.74, 6) is 1.35. The van der Waals surface area contributed by atoms with E-state index >= 15 is 0 Å². The van der Waals surface area contributed by atoms with Crippen LogP contribution in [0.2, 0.25) is 0 Å². The van der Waals surface area contributed by atoms with Gasteiger partial charge in [0.25, 0.3) is 5.56 Å². The van der Waals surface area contributed by atoms with Crippen LogP contribution in [0, 0.1) is 0 Å². The number of hydrogen-bond donors (Lipinski definition) is 1. The first kappa shape index (κ1) is 18.7. The Kier molecular flexibility index (Phi) is 4.90. The third kappa shape index (κ3) is 3.32. The van der Waals surface area contributed by atoms with Crippen molar-refractivity contribution in [1.82, 2.24) is 24.5 Å². The van der Waals surface area contributed by atoms with Gasteiger partial charge in [0.05, 0.1) is 12.1 Å². The van der Waals surface area contributed by atoms with Crippen LogP contribution < -0.4 is 10.9 Å². The normalized spacial score (nSPS) is 12.6. The Balaban J connectivity index is 1.50. The molecule has 0 bridgehead atoms. The molecule has 2 aromatic carbocycles. The molecule has 0 aliphatic heterocycles. The van der Waals surface area contributed by atoms with E-state index in [1.165, 1.54) is 22.5 Å². The van der Waals surface area contributed by atoms with Crippen LogP contribution in [0.5, 0.6) is 0 Å². The summed E-state index contributed by atoms with van der Waals surface area (Å²) in [6, 6.07) is 23.0. The first-order valence-corrected chi connectivity index (χ1v) is 10.7. The number of rotatable bonds is 6. The van der Waals surface area contributed by atoms with Gasteiger partial charge < -0.3 is 5.32 Å². The third-order valence-electron chi connectivity index (χ3n) is 5.39. The van der Waals surface area contributed by atoms with Crippen molar-refractivity contribution in [1.29, 1.82) is 0 Å². The van der Waals surface area contributed by atoms with Gasteiger partial charge in [0.1, 0.15) is 4.70 Å². The van der Waals surface area contributed by atoms with E-state index in [0.717, 1.165) is 22.5 Å². The molecule has 1 unspecified atom stereocenters. The fourth-order valence-corrected chi connectivity index (χ4v) is 4.68. The number of hydrogen-bond acceptors (Lipinski definition) is 5. The zero-order chi connectivity index (χ0) is 20.5. The second-order valence-corrected chi connectivity index (χ2v) is 8.20. The monoisotopic (exact) mass is 415 g/mol. The lowest BCUT2D eigenvalue weighted by Crippen LogP contribution is -2.25. The molecule has 150 valence electrons. The fourth-order valence-electron chi connectivity index (χ4n) is 3.82. The molecule has 1 atom stereocenters. The molecule has 0 aliphatic carbocycles. The maximum atomic E-state index is 12.5. The van der Waals surface area contributed by atoms with Gasteiger partial charge >= 0.3 is 0 Å². The van der Waals surface area contributed by atoms with Crippen LogP contribution in [0.25, 0.3) is 16.0 Å². The van der Waals surface area contributed by atoms with Gasteiger partial charge in [0.15, 0.2) is 5.82 Å². The first-order valence-electron chi connectivity index (χ1n) is 9.85. The van der Waals surface area contributed by atoms with Gasteiger partial charge in [-0.25, -0.2) is 0 Å². The van der Waals surface area contributed by atoms with Gasteiger partial charge in [-0.3, -0.25) is 13.8 Å². The molecule has 1 N–H and O–H groups in total. The van der Waals surface area contributed by atoms with Crippen LogP contribution in [0.4, 0.5) is 0 Å². The molecule has 0 fully saturated rings. The van der Waals surface area contributed by atoms with E-state index in [1.807, 2.05) is 28.0 Å². The van der Waals surface area contributed by atoms with Crippen LogP contribution in [0.1, 0.15) is 23.0 Å². The number of nitrogens with zero attached hydrogens (tertiary/aromatic N) is 4. The minimum atomic E-state index is -0.0364. The summed E-state index contributed by atoms with van der Waals surface area (Å²) < 4.78 is 4.26. The lowest BCUT2D eigenvalue weighted by molar-refractivity contribution is 0.517. The molecular formula is C23H21N5OS. The smallest absolute Gasteiger partial charge is 0.272 e. The molecule has 30 heavy (non-hydrogen) atoms. The Morgan fingerprint density at radius 1 is 1.00 bits per heavy atom. The lowest BCUT2D eigenvalue weighted by Gasteiger charge is -2.19. The quantitative estimate of drug-likeness (QED) is 0.459. The number of aromatic nitrogens is 4. The van der Waals surface area contributed by atoms with Crippen molar-refractivity contribution in [2.24, 2.45) is 7.05 Å². The summed E-state index contributed by atoms with van der Waals surface area (Å²) in [6.45, 7) is 0.538. The second kappa shape index (κ2) is 7.85. The van der Waals surface area contributed by atoms with E-state index in [-0.39, 0.29) is 11.6 Å². The molecular weight excluding hydrogens is 394 g/mol. The Bertz CT molecular complexity index is 1350. The van der Waals surface area contributed by atoms with Gasteiger partial charge in [-0.2, -0.15) is 0 Å². The summed E-state index contributed by atoms with van der Waals surface area (Å²) in [5.41, 5.74) is 3.32. The summed E-state index contributed by atoms with van der Waals surface area (Å²) in [4.78, 5) is 12.5. The van der Waals surface area contributed by atoms with Crippen LogP contribution >= 0.6 is 11.3 Å². The maximum absolute atomic E-state index is 12.5. The van der Waals surface area contributed by atoms with Crippen LogP contribution in [0.3, 0.4) is 0 Å². The molecule has 3 aromatic heterocycles. The molecule has 0 aliphatic rings. The average Bonchev–Trinajstić information content (AvgIpc) is 3.43. The van der Waals surface area contributed by atoms with Crippen LogP contribution in [0.15, 0.2) is 76.9 Å². The minimum Gasteiger partial charge on any atom is -0.303 e. The molecule has 0 radical (unpaired) electrons.